The molecule has 4 amide bonds. The van der Waals surface area contributed by atoms with Gasteiger partial charge in [0.05, 0.1) is 23.1 Å². The number of hydrogen-bond donors (Lipinski definition) is 2. The lowest BCUT2D eigenvalue weighted by Crippen LogP contribution is -2.43. The number of halogens is 1. The molecule has 0 radical (unpaired) electrons. The summed E-state index contributed by atoms with van der Waals surface area (Å²) in [5.74, 6) is -2.85. The molecule has 2 bridgehead atoms. The number of hydrogen-bond acceptors (Lipinski definition) is 6. The van der Waals surface area contributed by atoms with E-state index in [-0.39, 0.29) is 46.6 Å². The molecular weight excluding hydrogens is 486 g/mol. The van der Waals surface area contributed by atoms with Crippen LogP contribution in [0.3, 0.4) is 0 Å². The molecule has 3 aliphatic rings. The van der Waals surface area contributed by atoms with E-state index in [1.54, 1.807) is 0 Å². The summed E-state index contributed by atoms with van der Waals surface area (Å²) in [6.45, 7) is 1.39. The van der Waals surface area contributed by atoms with Gasteiger partial charge in [-0.2, -0.15) is 0 Å². The van der Waals surface area contributed by atoms with Crippen LogP contribution in [0.4, 0.5) is 5.69 Å². The second-order valence-electron chi connectivity index (χ2n) is 9.11. The molecule has 10 heteroatoms. The fourth-order valence-corrected chi connectivity index (χ4v) is 5.45. The minimum absolute atomic E-state index is 0.109. The third-order valence-electron chi connectivity index (χ3n) is 7.00. The Bertz CT molecular complexity index is 1300. The monoisotopic (exact) mass is 507 g/mol. The summed E-state index contributed by atoms with van der Waals surface area (Å²) in [6, 6.07) is 12.0. The van der Waals surface area contributed by atoms with Crippen molar-refractivity contribution in [3.63, 3.8) is 0 Å². The van der Waals surface area contributed by atoms with Gasteiger partial charge < -0.3 is 4.74 Å². The van der Waals surface area contributed by atoms with Crippen LogP contribution in [0.15, 0.2) is 60.2 Å². The van der Waals surface area contributed by atoms with E-state index in [9.17, 15) is 24.0 Å². The number of nitrogens with one attached hydrogen (secondary N) is 2. The molecular formula is C26H22ClN3O6. The first-order chi connectivity index (χ1) is 17.2. The number of amides is 4. The van der Waals surface area contributed by atoms with Crippen LogP contribution in [0.1, 0.15) is 34.1 Å². The van der Waals surface area contributed by atoms with Crippen LogP contribution < -0.4 is 15.8 Å². The van der Waals surface area contributed by atoms with E-state index >= 15 is 0 Å². The van der Waals surface area contributed by atoms with E-state index in [0.29, 0.717) is 10.7 Å². The number of rotatable bonds is 5. The van der Waals surface area contributed by atoms with Crippen LogP contribution in [0.5, 0.6) is 0 Å². The number of carbonyl (C=O) groups is 5. The molecule has 2 fully saturated rings. The summed E-state index contributed by atoms with van der Waals surface area (Å²) in [6.07, 6.45) is 2.97. The van der Waals surface area contributed by atoms with Gasteiger partial charge in [0, 0.05) is 10.6 Å². The number of benzene rings is 2. The van der Waals surface area contributed by atoms with Crippen molar-refractivity contribution in [2.75, 3.05) is 11.5 Å². The number of hydrazine groups is 1. The van der Waals surface area contributed by atoms with E-state index in [4.69, 9.17) is 16.3 Å². The number of carbonyl (C=O) groups excluding carboxylic acids is 5. The molecule has 1 aliphatic heterocycles. The minimum Gasteiger partial charge on any atom is -0.452 e. The average Bonchev–Trinajstić information content (AvgIpc) is 3.51. The smallest absolute Gasteiger partial charge is 0.338 e. The molecule has 2 N–H and O–H groups in total. The van der Waals surface area contributed by atoms with Gasteiger partial charge in [-0.25, -0.2) is 4.79 Å². The minimum atomic E-state index is -0.769. The quantitative estimate of drug-likeness (QED) is 0.278. The van der Waals surface area contributed by atoms with Crippen LogP contribution in [0, 0.1) is 23.7 Å². The first-order valence-electron chi connectivity index (χ1n) is 11.4. The number of ether oxygens (including phenoxy) is 1. The molecule has 9 nitrogen and oxygen atoms in total. The fourth-order valence-electron chi connectivity index (χ4n) is 5.33. The highest BCUT2D eigenvalue weighted by molar-refractivity contribution is 6.30. The Labute approximate surface area is 211 Å². The van der Waals surface area contributed by atoms with Crippen LogP contribution in [0.25, 0.3) is 0 Å². The van der Waals surface area contributed by atoms with Gasteiger partial charge in [0.15, 0.2) is 6.61 Å². The standard InChI is InChI=1S/C26H22ClN3O6/c1-13-10-16-11-19(13)22-21(16)24(33)30(25(22)34)18-8-4-15(5-9-18)26(35)36-12-20(31)28-29-23(32)14-2-6-17(27)7-3-14/h2-10,16,19,21-22H,11-12H2,1H3,(H,28,31)(H,29,32)/t16-,19+,21+,22+/m0/s1. The third-order valence-corrected chi connectivity index (χ3v) is 7.25. The van der Waals surface area contributed by atoms with Gasteiger partial charge in [0.25, 0.3) is 11.8 Å². The van der Waals surface area contributed by atoms with Crippen molar-refractivity contribution in [1.29, 1.82) is 0 Å². The number of esters is 1. The molecule has 0 aromatic heterocycles. The topological polar surface area (TPSA) is 122 Å². The Kier molecular flexibility index (Phi) is 6.09. The number of anilines is 1. The Balaban J connectivity index is 1.14. The maximum absolute atomic E-state index is 13.1. The van der Waals surface area contributed by atoms with E-state index in [1.165, 1.54) is 59.0 Å². The highest BCUT2D eigenvalue weighted by atomic mass is 35.5. The summed E-state index contributed by atoms with van der Waals surface area (Å²) in [4.78, 5) is 63.5. The van der Waals surface area contributed by atoms with Gasteiger partial charge in [-0.05, 0) is 73.7 Å². The van der Waals surface area contributed by atoms with E-state index in [2.05, 4.69) is 16.9 Å². The summed E-state index contributed by atoms with van der Waals surface area (Å²) in [5, 5.41) is 0.469. The zero-order valence-electron chi connectivity index (χ0n) is 19.2. The van der Waals surface area contributed by atoms with Gasteiger partial charge >= 0.3 is 5.97 Å². The molecule has 0 spiro atoms. The number of allylic oxidation sites excluding steroid dienone is 2. The second kappa shape index (κ2) is 9.23. The van der Waals surface area contributed by atoms with Crippen molar-refractivity contribution >= 4 is 46.9 Å². The molecule has 184 valence electrons. The van der Waals surface area contributed by atoms with E-state index in [1.807, 2.05) is 6.92 Å². The van der Waals surface area contributed by atoms with Crippen LogP contribution in [-0.4, -0.2) is 36.2 Å². The molecule has 1 saturated heterocycles. The third kappa shape index (κ3) is 4.15. The highest BCUT2D eigenvalue weighted by Crippen LogP contribution is 2.55. The lowest BCUT2D eigenvalue weighted by molar-refractivity contribution is -0.125. The van der Waals surface area contributed by atoms with Gasteiger partial charge in [-0.15, -0.1) is 0 Å². The second-order valence-corrected chi connectivity index (χ2v) is 9.55. The summed E-state index contributed by atoms with van der Waals surface area (Å²) in [7, 11) is 0. The summed E-state index contributed by atoms with van der Waals surface area (Å²) >= 11 is 5.77. The first kappa shape index (κ1) is 23.7. The van der Waals surface area contributed by atoms with E-state index in [0.717, 1.165) is 6.42 Å². The largest absolute Gasteiger partial charge is 0.452 e. The van der Waals surface area contributed by atoms with Gasteiger partial charge in [0.1, 0.15) is 0 Å². The Morgan fingerprint density at radius 3 is 2.28 bits per heavy atom. The van der Waals surface area contributed by atoms with Crippen molar-refractivity contribution in [3.8, 4) is 0 Å². The molecule has 1 heterocycles. The molecule has 0 unspecified atom stereocenters. The molecule has 2 aromatic carbocycles. The lowest BCUT2D eigenvalue weighted by Gasteiger charge is -2.19. The van der Waals surface area contributed by atoms with Gasteiger partial charge in [0.2, 0.25) is 11.8 Å². The van der Waals surface area contributed by atoms with Crippen molar-refractivity contribution in [3.05, 3.63) is 76.3 Å². The van der Waals surface area contributed by atoms with Gasteiger partial charge in [-0.3, -0.25) is 34.9 Å². The van der Waals surface area contributed by atoms with Crippen molar-refractivity contribution in [1.82, 2.24) is 10.9 Å². The van der Waals surface area contributed by atoms with Crippen molar-refractivity contribution in [2.45, 2.75) is 13.3 Å². The molecule has 2 aliphatic carbocycles. The molecule has 36 heavy (non-hydrogen) atoms. The van der Waals surface area contributed by atoms with Crippen molar-refractivity contribution in [2.24, 2.45) is 23.7 Å². The average molecular weight is 508 g/mol. The maximum atomic E-state index is 13.1. The number of nitrogens with zero attached hydrogens (tertiary/aromatic N) is 1. The normalized spacial score (nSPS) is 23.8. The SMILES string of the molecule is CC1=C[C@H]2C[C@H]1[C@H]1C(=O)N(c3ccc(C(=O)OCC(=O)NNC(=O)c4ccc(Cl)cc4)cc3)C(=O)[C@@H]12. The maximum Gasteiger partial charge on any atom is 0.338 e. The predicted molar refractivity (Wildman–Crippen MR) is 129 cm³/mol. The molecule has 5 rings (SSSR count). The summed E-state index contributed by atoms with van der Waals surface area (Å²) in [5.41, 5.74) is 6.38. The van der Waals surface area contributed by atoms with E-state index < -0.39 is 24.4 Å². The first-order valence-corrected chi connectivity index (χ1v) is 11.8. The Morgan fingerprint density at radius 1 is 0.944 bits per heavy atom. The van der Waals surface area contributed by atoms with Crippen LogP contribution >= 0.6 is 11.6 Å². The van der Waals surface area contributed by atoms with Gasteiger partial charge in [-0.1, -0.05) is 23.3 Å². The predicted octanol–water partition coefficient (Wildman–Crippen LogP) is 2.66. The Hall–Kier alpha value is -3.98. The Morgan fingerprint density at radius 2 is 1.58 bits per heavy atom. The van der Waals surface area contributed by atoms with Crippen molar-refractivity contribution < 1.29 is 28.7 Å². The number of imide groups is 1. The summed E-state index contributed by atoms with van der Waals surface area (Å²) < 4.78 is 4.99. The zero-order chi connectivity index (χ0) is 25.6. The lowest BCUT2D eigenvalue weighted by atomic mass is 9.82. The molecule has 2 aromatic rings. The molecule has 4 atom stereocenters. The molecule has 1 saturated carbocycles. The fraction of sp³-hybridized carbons (Fsp3) is 0.269. The number of fused-ring (bicyclic) bond motifs is 5. The van der Waals surface area contributed by atoms with Crippen LogP contribution in [0.2, 0.25) is 5.02 Å². The highest BCUT2D eigenvalue weighted by Gasteiger charge is 2.60. The zero-order valence-corrected chi connectivity index (χ0v) is 20.0. The van der Waals surface area contributed by atoms with Crippen LogP contribution in [-0.2, 0) is 19.1 Å².